The first-order chi connectivity index (χ1) is 14.5. The largest absolute Gasteiger partial charge is 0.417 e. The number of rotatable bonds is 3. The second-order valence-electron chi connectivity index (χ2n) is 6.61. The zero-order valence-corrected chi connectivity index (χ0v) is 16.2. The molecule has 0 aliphatic heterocycles. The zero-order chi connectivity index (χ0) is 20.7. The lowest BCUT2D eigenvalue weighted by Crippen LogP contribution is -2.06. The van der Waals surface area contributed by atoms with Crippen LogP contribution in [-0.2, 0) is 6.18 Å². The van der Waals surface area contributed by atoms with Gasteiger partial charge in [-0.2, -0.15) is 22.8 Å². The highest BCUT2D eigenvalue weighted by Crippen LogP contribution is 2.37. The summed E-state index contributed by atoms with van der Waals surface area (Å²) in [6.45, 7) is 0. The summed E-state index contributed by atoms with van der Waals surface area (Å²) in [6, 6.07) is 22.1. The standard InChI is InChI=1S/C22H13F3N4S/c23-22(24,25)18-9-5-4-8-17(18)14-10-12-16(13-11-14)20-28-29-19(26-27-21(29)30-20)15-6-2-1-3-7-15/h1-13H. The van der Waals surface area contributed by atoms with E-state index in [4.69, 9.17) is 0 Å². The lowest BCUT2D eigenvalue weighted by atomic mass is 9.98. The van der Waals surface area contributed by atoms with Gasteiger partial charge in [-0.3, -0.25) is 0 Å². The first-order valence-corrected chi connectivity index (χ1v) is 9.87. The van der Waals surface area contributed by atoms with Gasteiger partial charge >= 0.3 is 6.18 Å². The van der Waals surface area contributed by atoms with Crippen molar-refractivity contribution in [3.8, 4) is 33.1 Å². The highest BCUT2D eigenvalue weighted by atomic mass is 32.1. The molecule has 0 fully saturated rings. The summed E-state index contributed by atoms with van der Waals surface area (Å²) < 4.78 is 41.6. The molecule has 4 nitrogen and oxygen atoms in total. The van der Waals surface area contributed by atoms with Gasteiger partial charge in [0.05, 0.1) is 5.56 Å². The fourth-order valence-electron chi connectivity index (χ4n) is 3.28. The molecule has 0 saturated heterocycles. The van der Waals surface area contributed by atoms with Crippen molar-refractivity contribution in [3.05, 3.63) is 84.4 Å². The van der Waals surface area contributed by atoms with Crippen LogP contribution in [0.4, 0.5) is 13.2 Å². The third-order valence-electron chi connectivity index (χ3n) is 4.70. The molecule has 0 atom stereocenters. The molecule has 0 unspecified atom stereocenters. The van der Waals surface area contributed by atoms with Crippen molar-refractivity contribution in [1.82, 2.24) is 19.8 Å². The van der Waals surface area contributed by atoms with Crippen molar-refractivity contribution in [2.24, 2.45) is 0 Å². The minimum absolute atomic E-state index is 0.154. The maximum absolute atomic E-state index is 13.3. The predicted molar refractivity (Wildman–Crippen MR) is 110 cm³/mol. The fraction of sp³-hybridized carbons (Fsp3) is 0.0455. The molecule has 0 saturated carbocycles. The SMILES string of the molecule is FC(F)(F)c1ccccc1-c1ccc(-c2nn3c(-c4ccccc4)nnc3s2)cc1. The molecule has 8 heteroatoms. The van der Waals surface area contributed by atoms with E-state index in [2.05, 4.69) is 15.3 Å². The zero-order valence-electron chi connectivity index (χ0n) is 15.3. The summed E-state index contributed by atoms with van der Waals surface area (Å²) in [6.07, 6.45) is -4.41. The number of aromatic nitrogens is 4. The maximum Gasteiger partial charge on any atom is 0.417 e. The highest BCUT2D eigenvalue weighted by molar-refractivity contribution is 7.19. The predicted octanol–water partition coefficient (Wildman–Crippen LogP) is 6.21. The van der Waals surface area contributed by atoms with Crippen LogP contribution in [0.5, 0.6) is 0 Å². The van der Waals surface area contributed by atoms with Crippen LogP contribution in [0.25, 0.3) is 38.0 Å². The lowest BCUT2D eigenvalue weighted by Gasteiger charge is -2.12. The van der Waals surface area contributed by atoms with Crippen molar-refractivity contribution in [2.45, 2.75) is 6.18 Å². The van der Waals surface area contributed by atoms with Crippen LogP contribution in [0.1, 0.15) is 5.56 Å². The minimum atomic E-state index is -4.41. The van der Waals surface area contributed by atoms with Crippen molar-refractivity contribution >= 4 is 16.3 Å². The summed E-state index contributed by atoms with van der Waals surface area (Å²) >= 11 is 1.37. The van der Waals surface area contributed by atoms with E-state index in [0.717, 1.165) is 17.2 Å². The molecule has 0 bridgehead atoms. The summed E-state index contributed by atoms with van der Waals surface area (Å²) in [5.74, 6) is 0.642. The number of benzene rings is 3. The van der Waals surface area contributed by atoms with Gasteiger partial charge < -0.3 is 0 Å². The van der Waals surface area contributed by atoms with Crippen molar-refractivity contribution in [2.75, 3.05) is 0 Å². The number of nitrogens with zero attached hydrogens (tertiary/aromatic N) is 4. The number of hydrogen-bond donors (Lipinski definition) is 0. The topological polar surface area (TPSA) is 43.1 Å². The Bertz CT molecular complexity index is 1320. The van der Waals surface area contributed by atoms with Gasteiger partial charge in [-0.15, -0.1) is 10.2 Å². The molecule has 0 spiro atoms. The molecule has 3 aromatic carbocycles. The highest BCUT2D eigenvalue weighted by Gasteiger charge is 2.33. The van der Waals surface area contributed by atoms with Gasteiger partial charge in [0.1, 0.15) is 5.01 Å². The van der Waals surface area contributed by atoms with Gasteiger partial charge in [0.2, 0.25) is 4.96 Å². The van der Waals surface area contributed by atoms with E-state index in [1.807, 2.05) is 30.3 Å². The van der Waals surface area contributed by atoms with E-state index < -0.39 is 11.7 Å². The molecule has 0 radical (unpaired) electrons. The van der Waals surface area contributed by atoms with Crippen LogP contribution in [0.3, 0.4) is 0 Å². The molecular weight excluding hydrogens is 409 g/mol. The molecule has 0 amide bonds. The van der Waals surface area contributed by atoms with Crippen molar-refractivity contribution < 1.29 is 13.2 Å². The Kier molecular flexibility index (Phi) is 4.36. The fourth-order valence-corrected chi connectivity index (χ4v) is 4.12. The van der Waals surface area contributed by atoms with E-state index >= 15 is 0 Å². The number of alkyl halides is 3. The Hall–Kier alpha value is -3.52. The summed E-state index contributed by atoms with van der Waals surface area (Å²) in [7, 11) is 0. The van der Waals surface area contributed by atoms with Crippen LogP contribution in [0.15, 0.2) is 78.9 Å². The Morgan fingerprint density at radius 2 is 1.37 bits per heavy atom. The van der Waals surface area contributed by atoms with E-state index in [1.54, 1.807) is 34.8 Å². The molecule has 30 heavy (non-hydrogen) atoms. The third-order valence-corrected chi connectivity index (χ3v) is 5.65. The second kappa shape index (κ2) is 7.07. The molecule has 0 aliphatic carbocycles. The molecule has 5 rings (SSSR count). The lowest BCUT2D eigenvalue weighted by molar-refractivity contribution is -0.137. The van der Waals surface area contributed by atoms with Crippen LogP contribution in [-0.4, -0.2) is 19.8 Å². The van der Waals surface area contributed by atoms with Gasteiger partial charge in [0.15, 0.2) is 5.82 Å². The Morgan fingerprint density at radius 1 is 0.700 bits per heavy atom. The van der Waals surface area contributed by atoms with E-state index in [9.17, 15) is 13.2 Å². The molecular formula is C22H13F3N4S. The number of halogens is 3. The van der Waals surface area contributed by atoms with Crippen LogP contribution >= 0.6 is 11.3 Å². The summed E-state index contributed by atoms with van der Waals surface area (Å²) in [5.41, 5.74) is 1.71. The third kappa shape index (κ3) is 3.25. The van der Waals surface area contributed by atoms with E-state index in [1.165, 1.54) is 23.5 Å². The minimum Gasteiger partial charge on any atom is -0.182 e. The average molecular weight is 422 g/mol. The number of hydrogen-bond acceptors (Lipinski definition) is 4. The van der Waals surface area contributed by atoms with Crippen molar-refractivity contribution in [3.63, 3.8) is 0 Å². The normalized spacial score (nSPS) is 11.8. The first kappa shape index (κ1) is 18.5. The van der Waals surface area contributed by atoms with Crippen LogP contribution < -0.4 is 0 Å². The molecule has 2 aromatic heterocycles. The first-order valence-electron chi connectivity index (χ1n) is 9.05. The van der Waals surface area contributed by atoms with Gasteiger partial charge in [-0.05, 0) is 17.2 Å². The maximum atomic E-state index is 13.3. The smallest absolute Gasteiger partial charge is 0.182 e. The van der Waals surface area contributed by atoms with Gasteiger partial charge in [0, 0.05) is 11.1 Å². The Labute approximate surface area is 173 Å². The molecule has 5 aromatic rings. The van der Waals surface area contributed by atoms with Gasteiger partial charge in [0.25, 0.3) is 0 Å². The molecule has 0 N–H and O–H groups in total. The Balaban J connectivity index is 1.51. The molecule has 0 aliphatic rings. The van der Waals surface area contributed by atoms with Gasteiger partial charge in [-0.25, -0.2) is 0 Å². The monoisotopic (exact) mass is 422 g/mol. The van der Waals surface area contributed by atoms with Crippen LogP contribution in [0, 0.1) is 0 Å². The van der Waals surface area contributed by atoms with Crippen LogP contribution in [0.2, 0.25) is 0 Å². The van der Waals surface area contributed by atoms with E-state index in [0.29, 0.717) is 21.4 Å². The van der Waals surface area contributed by atoms with E-state index in [-0.39, 0.29) is 5.56 Å². The quantitative estimate of drug-likeness (QED) is 0.347. The summed E-state index contributed by atoms with van der Waals surface area (Å²) in [5, 5.41) is 13.7. The average Bonchev–Trinajstić information content (AvgIpc) is 3.35. The molecule has 148 valence electrons. The van der Waals surface area contributed by atoms with Crippen molar-refractivity contribution in [1.29, 1.82) is 0 Å². The summed E-state index contributed by atoms with van der Waals surface area (Å²) in [4.78, 5) is 0.648. The number of fused-ring (bicyclic) bond motifs is 1. The Morgan fingerprint density at radius 3 is 2.10 bits per heavy atom. The molecule has 2 heterocycles. The van der Waals surface area contributed by atoms with Gasteiger partial charge in [-0.1, -0.05) is 84.1 Å². The second-order valence-corrected chi connectivity index (χ2v) is 7.57.